The van der Waals surface area contributed by atoms with Gasteiger partial charge in [0.1, 0.15) is 0 Å². The first-order chi connectivity index (χ1) is 14.4. The largest absolute Gasteiger partial charge is 0.326 e. The molecule has 0 aliphatic carbocycles. The van der Waals surface area contributed by atoms with Crippen molar-refractivity contribution >= 4 is 34.8 Å². The Balaban J connectivity index is 1.48. The molecule has 1 atom stereocenters. The Morgan fingerprint density at radius 3 is 2.73 bits per heavy atom. The third-order valence-corrected chi connectivity index (χ3v) is 6.23. The van der Waals surface area contributed by atoms with Crippen LogP contribution in [0.5, 0.6) is 0 Å². The van der Waals surface area contributed by atoms with Gasteiger partial charge in [0.05, 0.1) is 5.92 Å². The monoisotopic (exact) mass is 405 g/mol. The van der Waals surface area contributed by atoms with E-state index in [4.69, 9.17) is 0 Å². The molecule has 6 heteroatoms. The van der Waals surface area contributed by atoms with Gasteiger partial charge in [0.25, 0.3) is 0 Å². The van der Waals surface area contributed by atoms with E-state index in [0.29, 0.717) is 19.5 Å². The summed E-state index contributed by atoms with van der Waals surface area (Å²) in [6.45, 7) is 6.90. The van der Waals surface area contributed by atoms with Gasteiger partial charge in [-0.2, -0.15) is 0 Å². The highest BCUT2D eigenvalue weighted by atomic mass is 16.2. The van der Waals surface area contributed by atoms with Crippen molar-refractivity contribution in [3.8, 4) is 0 Å². The average molecular weight is 405 g/mol. The smallest absolute Gasteiger partial charge is 0.229 e. The Hall–Kier alpha value is -3.15. The number of nitrogens with one attached hydrogen (secondary N) is 1. The number of benzene rings is 2. The van der Waals surface area contributed by atoms with Crippen molar-refractivity contribution < 1.29 is 14.4 Å². The van der Waals surface area contributed by atoms with Gasteiger partial charge >= 0.3 is 0 Å². The van der Waals surface area contributed by atoms with Gasteiger partial charge in [-0.15, -0.1) is 0 Å². The zero-order valence-corrected chi connectivity index (χ0v) is 17.7. The number of carbonyl (C=O) groups is 3. The summed E-state index contributed by atoms with van der Waals surface area (Å²) in [4.78, 5) is 41.1. The summed E-state index contributed by atoms with van der Waals surface area (Å²) >= 11 is 0. The lowest BCUT2D eigenvalue weighted by Gasteiger charge is -2.20. The van der Waals surface area contributed by atoms with Crippen molar-refractivity contribution in [2.75, 3.05) is 28.2 Å². The van der Waals surface area contributed by atoms with E-state index < -0.39 is 0 Å². The maximum absolute atomic E-state index is 12.8. The van der Waals surface area contributed by atoms with Crippen molar-refractivity contribution in [2.45, 2.75) is 40.0 Å². The zero-order valence-electron chi connectivity index (χ0n) is 17.7. The van der Waals surface area contributed by atoms with Crippen LogP contribution in [-0.2, 0) is 20.8 Å². The second-order valence-electron chi connectivity index (χ2n) is 8.10. The van der Waals surface area contributed by atoms with Gasteiger partial charge in [-0.1, -0.05) is 19.1 Å². The fourth-order valence-corrected chi connectivity index (χ4v) is 4.26. The Kier molecular flexibility index (Phi) is 5.33. The van der Waals surface area contributed by atoms with Crippen molar-refractivity contribution in [1.82, 2.24) is 0 Å². The molecule has 2 aromatic carbocycles. The number of aryl methyl sites for hydroxylation is 1. The molecule has 1 fully saturated rings. The van der Waals surface area contributed by atoms with Crippen molar-refractivity contribution in [1.29, 1.82) is 0 Å². The van der Waals surface area contributed by atoms with Crippen LogP contribution in [0.4, 0.5) is 17.1 Å². The molecule has 2 aromatic rings. The molecular formula is C24H27N3O3. The lowest BCUT2D eigenvalue weighted by Crippen LogP contribution is -2.28. The number of nitrogens with zero attached hydrogens (tertiary/aromatic N) is 2. The predicted octanol–water partition coefficient (Wildman–Crippen LogP) is 3.59. The molecule has 0 saturated carbocycles. The van der Waals surface area contributed by atoms with Crippen LogP contribution in [0.1, 0.15) is 36.5 Å². The molecule has 1 N–H and O–H groups in total. The minimum Gasteiger partial charge on any atom is -0.326 e. The topological polar surface area (TPSA) is 69.7 Å². The summed E-state index contributed by atoms with van der Waals surface area (Å²) in [5.41, 5.74) is 5.75. The second kappa shape index (κ2) is 7.94. The van der Waals surface area contributed by atoms with Crippen LogP contribution < -0.4 is 15.1 Å². The lowest BCUT2D eigenvalue weighted by molar-refractivity contribution is -0.122. The van der Waals surface area contributed by atoms with E-state index in [1.165, 1.54) is 0 Å². The van der Waals surface area contributed by atoms with Gasteiger partial charge in [-0.25, -0.2) is 0 Å². The van der Waals surface area contributed by atoms with Gasteiger partial charge in [-0.05, 0) is 61.2 Å². The first-order valence-electron chi connectivity index (χ1n) is 10.5. The SMILES string of the molecule is CCC(=O)N1CCc2cc(N3CC(C(=O)Nc4cccc(C)c4C)CC3=O)ccc21. The van der Waals surface area contributed by atoms with Gasteiger partial charge in [0.15, 0.2) is 0 Å². The van der Waals surface area contributed by atoms with Crippen LogP contribution in [0.3, 0.4) is 0 Å². The maximum atomic E-state index is 12.8. The molecule has 3 amide bonds. The molecule has 2 aliphatic rings. The first-order valence-corrected chi connectivity index (χ1v) is 10.5. The molecule has 6 nitrogen and oxygen atoms in total. The Labute approximate surface area is 176 Å². The maximum Gasteiger partial charge on any atom is 0.229 e. The highest BCUT2D eigenvalue weighted by molar-refractivity contribution is 6.04. The zero-order chi connectivity index (χ0) is 21.4. The number of carbonyl (C=O) groups excluding carboxylic acids is 3. The van der Waals surface area contributed by atoms with Crippen LogP contribution in [0.2, 0.25) is 0 Å². The van der Waals surface area contributed by atoms with Gasteiger partial charge in [0, 0.05) is 43.0 Å². The summed E-state index contributed by atoms with van der Waals surface area (Å²) < 4.78 is 0. The van der Waals surface area contributed by atoms with Crippen molar-refractivity contribution in [2.24, 2.45) is 5.92 Å². The highest BCUT2D eigenvalue weighted by Crippen LogP contribution is 2.34. The molecule has 0 aromatic heterocycles. The molecule has 2 heterocycles. The van der Waals surface area contributed by atoms with Crippen LogP contribution in [0.15, 0.2) is 36.4 Å². The Morgan fingerprint density at radius 1 is 1.17 bits per heavy atom. The minimum absolute atomic E-state index is 0.0458. The van der Waals surface area contributed by atoms with Gasteiger partial charge < -0.3 is 15.1 Å². The van der Waals surface area contributed by atoms with Crippen LogP contribution in [-0.4, -0.2) is 30.8 Å². The van der Waals surface area contributed by atoms with Crippen LogP contribution >= 0.6 is 0 Å². The molecule has 1 saturated heterocycles. The molecule has 1 unspecified atom stereocenters. The summed E-state index contributed by atoms with van der Waals surface area (Å²) in [6.07, 6.45) is 1.46. The number of anilines is 3. The number of hydrogen-bond acceptors (Lipinski definition) is 3. The number of amides is 3. The molecule has 156 valence electrons. The highest BCUT2D eigenvalue weighted by Gasteiger charge is 2.36. The summed E-state index contributed by atoms with van der Waals surface area (Å²) in [7, 11) is 0. The van der Waals surface area contributed by atoms with E-state index in [-0.39, 0.29) is 30.1 Å². The van der Waals surface area contributed by atoms with Crippen molar-refractivity contribution in [3.63, 3.8) is 0 Å². The average Bonchev–Trinajstić information content (AvgIpc) is 3.34. The Morgan fingerprint density at radius 2 is 1.97 bits per heavy atom. The molecule has 0 spiro atoms. The van der Waals surface area contributed by atoms with E-state index in [1.807, 2.05) is 62.1 Å². The number of hydrogen-bond donors (Lipinski definition) is 1. The van der Waals surface area contributed by atoms with Crippen LogP contribution in [0.25, 0.3) is 0 Å². The molecule has 30 heavy (non-hydrogen) atoms. The molecule has 0 radical (unpaired) electrons. The number of fused-ring (bicyclic) bond motifs is 1. The summed E-state index contributed by atoms with van der Waals surface area (Å²) in [5.74, 6) is -0.443. The quantitative estimate of drug-likeness (QED) is 0.845. The normalized spacial score (nSPS) is 18.0. The third kappa shape index (κ3) is 3.58. The van der Waals surface area contributed by atoms with Crippen LogP contribution in [0, 0.1) is 19.8 Å². The molecule has 0 bridgehead atoms. The lowest BCUT2D eigenvalue weighted by atomic mass is 10.1. The summed E-state index contributed by atoms with van der Waals surface area (Å²) in [5, 5.41) is 2.99. The van der Waals surface area contributed by atoms with E-state index in [2.05, 4.69) is 5.32 Å². The fourth-order valence-electron chi connectivity index (χ4n) is 4.26. The standard InChI is InChI=1S/C24H27N3O3/c1-4-22(28)26-11-10-17-12-19(8-9-21(17)26)27-14-18(13-23(27)29)24(30)25-20-7-5-6-15(2)16(20)3/h5-9,12,18H,4,10-11,13-14H2,1-3H3,(H,25,30). The molecular weight excluding hydrogens is 378 g/mol. The Bertz CT molecular complexity index is 1030. The van der Waals surface area contributed by atoms with E-state index in [0.717, 1.165) is 40.2 Å². The fraction of sp³-hybridized carbons (Fsp3) is 0.375. The van der Waals surface area contributed by atoms with E-state index in [1.54, 1.807) is 4.90 Å². The van der Waals surface area contributed by atoms with E-state index in [9.17, 15) is 14.4 Å². The van der Waals surface area contributed by atoms with E-state index >= 15 is 0 Å². The molecule has 2 aliphatic heterocycles. The number of rotatable bonds is 4. The third-order valence-electron chi connectivity index (χ3n) is 6.23. The predicted molar refractivity (Wildman–Crippen MR) is 118 cm³/mol. The van der Waals surface area contributed by atoms with Gasteiger partial charge in [0.2, 0.25) is 17.7 Å². The van der Waals surface area contributed by atoms with Gasteiger partial charge in [-0.3, -0.25) is 14.4 Å². The first kappa shape index (κ1) is 20.1. The molecule has 4 rings (SSSR count). The second-order valence-corrected chi connectivity index (χ2v) is 8.10. The van der Waals surface area contributed by atoms with Crippen molar-refractivity contribution in [3.05, 3.63) is 53.1 Å². The summed E-state index contributed by atoms with van der Waals surface area (Å²) in [6, 6.07) is 11.6. The minimum atomic E-state index is -0.385.